The zero-order valence-electron chi connectivity index (χ0n) is 8.28. The second-order valence-electron chi connectivity index (χ2n) is 3.19. The number of amides is 1. The monoisotopic (exact) mass is 307 g/mol. The Hall–Kier alpha value is -0.620. The molecule has 1 amide bonds. The fourth-order valence-corrected chi connectivity index (χ4v) is 1.96. The van der Waals surface area contributed by atoms with Gasteiger partial charge in [-0.2, -0.15) is 0 Å². The number of aliphatic hydroxyl groups excluding tert-OH is 2. The first-order valence-corrected chi connectivity index (χ1v) is 5.72. The summed E-state index contributed by atoms with van der Waals surface area (Å²) in [5.74, 6) is -0.392. The molecule has 4 nitrogen and oxygen atoms in total. The fraction of sp³-hybridized carbons (Fsp3) is 0.300. The molecule has 1 aromatic rings. The van der Waals surface area contributed by atoms with Crippen LogP contribution in [0.15, 0.2) is 22.7 Å². The van der Waals surface area contributed by atoms with E-state index in [9.17, 15) is 4.79 Å². The molecule has 0 unspecified atom stereocenters. The van der Waals surface area contributed by atoms with Gasteiger partial charge in [0.1, 0.15) is 0 Å². The van der Waals surface area contributed by atoms with Crippen LogP contribution >= 0.6 is 27.5 Å². The molecule has 0 spiro atoms. The van der Waals surface area contributed by atoms with Crippen molar-refractivity contribution in [2.45, 2.75) is 6.04 Å². The van der Waals surface area contributed by atoms with Gasteiger partial charge in [0.05, 0.1) is 19.3 Å². The molecule has 0 radical (unpaired) electrons. The van der Waals surface area contributed by atoms with Crippen LogP contribution in [-0.2, 0) is 0 Å². The van der Waals surface area contributed by atoms with Gasteiger partial charge in [-0.1, -0.05) is 27.5 Å². The van der Waals surface area contributed by atoms with Gasteiger partial charge in [-0.05, 0) is 18.2 Å². The summed E-state index contributed by atoms with van der Waals surface area (Å²) in [6, 6.07) is 4.11. The van der Waals surface area contributed by atoms with E-state index in [0.29, 0.717) is 15.1 Å². The SMILES string of the molecule is O=C(NC(CO)CO)c1cc(Cl)cc(Br)c1. The van der Waals surface area contributed by atoms with E-state index < -0.39 is 11.9 Å². The Morgan fingerprint density at radius 2 is 2.00 bits per heavy atom. The highest BCUT2D eigenvalue weighted by Gasteiger charge is 2.12. The number of hydrogen-bond acceptors (Lipinski definition) is 3. The van der Waals surface area contributed by atoms with Gasteiger partial charge in [-0.3, -0.25) is 4.79 Å². The highest BCUT2D eigenvalue weighted by atomic mass is 79.9. The Morgan fingerprint density at radius 1 is 1.38 bits per heavy atom. The minimum absolute atomic E-state index is 0.316. The van der Waals surface area contributed by atoms with Gasteiger partial charge in [-0.15, -0.1) is 0 Å². The number of benzene rings is 1. The lowest BCUT2D eigenvalue weighted by Gasteiger charge is -2.13. The van der Waals surface area contributed by atoms with Crippen molar-refractivity contribution in [3.05, 3.63) is 33.3 Å². The lowest BCUT2D eigenvalue weighted by Crippen LogP contribution is -2.40. The first-order chi connectivity index (χ1) is 7.56. The van der Waals surface area contributed by atoms with Crippen molar-refractivity contribution in [1.82, 2.24) is 5.32 Å². The maximum absolute atomic E-state index is 11.7. The third kappa shape index (κ3) is 3.75. The number of carbonyl (C=O) groups is 1. The summed E-state index contributed by atoms with van der Waals surface area (Å²) in [5.41, 5.74) is 0.367. The predicted octanol–water partition coefficient (Wildman–Crippen LogP) is 1.19. The topological polar surface area (TPSA) is 69.6 Å². The van der Waals surface area contributed by atoms with Crippen molar-refractivity contribution in [2.75, 3.05) is 13.2 Å². The van der Waals surface area contributed by atoms with Crippen molar-refractivity contribution in [2.24, 2.45) is 0 Å². The molecular formula is C10H11BrClNO3. The summed E-state index contributed by atoms with van der Waals surface area (Å²) < 4.78 is 0.690. The highest BCUT2D eigenvalue weighted by molar-refractivity contribution is 9.10. The normalized spacial score (nSPS) is 10.6. The van der Waals surface area contributed by atoms with Gasteiger partial charge in [0.2, 0.25) is 0 Å². The van der Waals surface area contributed by atoms with Crippen LogP contribution in [0.5, 0.6) is 0 Å². The Morgan fingerprint density at radius 3 is 2.50 bits per heavy atom. The van der Waals surface area contributed by atoms with Crippen LogP contribution in [0.3, 0.4) is 0 Å². The summed E-state index contributed by atoms with van der Waals surface area (Å²) in [7, 11) is 0. The molecule has 0 saturated heterocycles. The minimum atomic E-state index is -0.662. The molecule has 0 aliphatic heterocycles. The minimum Gasteiger partial charge on any atom is -0.394 e. The molecule has 0 bridgehead atoms. The number of rotatable bonds is 4. The van der Waals surface area contributed by atoms with Crippen LogP contribution in [0.1, 0.15) is 10.4 Å². The summed E-state index contributed by atoms with van der Waals surface area (Å²) in [6.07, 6.45) is 0. The maximum Gasteiger partial charge on any atom is 0.251 e. The first-order valence-electron chi connectivity index (χ1n) is 4.55. The lowest BCUT2D eigenvalue weighted by molar-refractivity contribution is 0.0879. The molecule has 1 rings (SSSR count). The van der Waals surface area contributed by atoms with Crippen LogP contribution in [0, 0.1) is 0 Å². The van der Waals surface area contributed by atoms with Crippen molar-refractivity contribution < 1.29 is 15.0 Å². The molecule has 6 heteroatoms. The third-order valence-corrected chi connectivity index (χ3v) is 2.58. The van der Waals surface area contributed by atoms with E-state index in [2.05, 4.69) is 21.2 Å². The van der Waals surface area contributed by atoms with Crippen LogP contribution in [0.25, 0.3) is 0 Å². The van der Waals surface area contributed by atoms with Crippen molar-refractivity contribution in [1.29, 1.82) is 0 Å². The largest absolute Gasteiger partial charge is 0.394 e. The van der Waals surface area contributed by atoms with E-state index in [1.807, 2.05) is 0 Å². The Kier molecular flexibility index (Phi) is 5.21. The average Bonchev–Trinajstić information content (AvgIpc) is 2.24. The Balaban J connectivity index is 2.80. The number of carbonyl (C=O) groups excluding carboxylic acids is 1. The second kappa shape index (κ2) is 6.20. The van der Waals surface area contributed by atoms with Gasteiger partial charge < -0.3 is 15.5 Å². The van der Waals surface area contributed by atoms with Crippen molar-refractivity contribution in [3.8, 4) is 0 Å². The Bertz CT molecular complexity index is 362. The smallest absolute Gasteiger partial charge is 0.251 e. The number of hydrogen-bond donors (Lipinski definition) is 3. The molecular weight excluding hydrogens is 297 g/mol. The van der Waals surface area contributed by atoms with Crippen molar-refractivity contribution >= 4 is 33.4 Å². The van der Waals surface area contributed by atoms with E-state index in [4.69, 9.17) is 21.8 Å². The molecule has 88 valence electrons. The van der Waals surface area contributed by atoms with E-state index in [-0.39, 0.29) is 13.2 Å². The van der Waals surface area contributed by atoms with Gasteiger partial charge in [0.25, 0.3) is 5.91 Å². The predicted molar refractivity (Wildman–Crippen MR) is 64.6 cm³/mol. The lowest BCUT2D eigenvalue weighted by atomic mass is 10.2. The molecule has 0 aliphatic rings. The molecule has 0 heterocycles. The summed E-state index contributed by atoms with van der Waals surface area (Å²) >= 11 is 9.01. The molecule has 0 aromatic heterocycles. The second-order valence-corrected chi connectivity index (χ2v) is 4.55. The van der Waals surface area contributed by atoms with E-state index in [1.54, 1.807) is 12.1 Å². The Labute approximate surface area is 106 Å². The quantitative estimate of drug-likeness (QED) is 0.782. The highest BCUT2D eigenvalue weighted by Crippen LogP contribution is 2.19. The fourth-order valence-electron chi connectivity index (χ4n) is 1.10. The number of aliphatic hydroxyl groups is 2. The van der Waals surface area contributed by atoms with Gasteiger partial charge in [-0.25, -0.2) is 0 Å². The molecule has 3 N–H and O–H groups in total. The van der Waals surface area contributed by atoms with E-state index in [0.717, 1.165) is 0 Å². The van der Waals surface area contributed by atoms with Gasteiger partial charge >= 0.3 is 0 Å². The van der Waals surface area contributed by atoms with Gasteiger partial charge in [0, 0.05) is 15.1 Å². The van der Waals surface area contributed by atoms with Crippen molar-refractivity contribution in [3.63, 3.8) is 0 Å². The molecule has 16 heavy (non-hydrogen) atoms. The van der Waals surface area contributed by atoms with Gasteiger partial charge in [0.15, 0.2) is 0 Å². The summed E-state index contributed by atoms with van der Waals surface area (Å²) in [4.78, 5) is 11.7. The molecule has 1 aromatic carbocycles. The zero-order valence-corrected chi connectivity index (χ0v) is 10.6. The summed E-state index contributed by atoms with van der Waals surface area (Å²) in [6.45, 7) is -0.631. The van der Waals surface area contributed by atoms with Crippen LogP contribution in [0.4, 0.5) is 0 Å². The van der Waals surface area contributed by atoms with Crippen LogP contribution < -0.4 is 5.32 Å². The molecule has 0 aliphatic carbocycles. The van der Waals surface area contributed by atoms with Crippen LogP contribution in [-0.4, -0.2) is 35.4 Å². The zero-order chi connectivity index (χ0) is 12.1. The number of halogens is 2. The van der Waals surface area contributed by atoms with Crippen LogP contribution in [0.2, 0.25) is 5.02 Å². The molecule has 0 saturated carbocycles. The molecule has 0 fully saturated rings. The van der Waals surface area contributed by atoms with E-state index in [1.165, 1.54) is 6.07 Å². The molecule has 0 atom stereocenters. The maximum atomic E-state index is 11.7. The first kappa shape index (κ1) is 13.4. The third-order valence-electron chi connectivity index (χ3n) is 1.90. The van der Waals surface area contributed by atoms with E-state index >= 15 is 0 Å². The summed E-state index contributed by atoms with van der Waals surface area (Å²) in [5, 5.41) is 20.5. The number of nitrogens with one attached hydrogen (secondary N) is 1. The standard InChI is InChI=1S/C10H11BrClNO3/c11-7-1-6(2-8(12)3-7)10(16)13-9(4-14)5-15/h1-3,9,14-15H,4-5H2,(H,13,16). The average molecular weight is 309 g/mol.